The number of hydrogen-bond donors (Lipinski definition) is 2. The van der Waals surface area contributed by atoms with Crippen molar-refractivity contribution in [1.29, 1.82) is 0 Å². The van der Waals surface area contributed by atoms with E-state index in [1.807, 2.05) is 20.8 Å². The number of aromatic nitrogens is 1. The van der Waals surface area contributed by atoms with Gasteiger partial charge in [-0.25, -0.2) is 8.42 Å². The second-order valence-electron chi connectivity index (χ2n) is 3.84. The molecule has 0 atom stereocenters. The molecule has 1 heterocycles. The number of sulfone groups is 1. The molecule has 1 aromatic heterocycles. The van der Waals surface area contributed by atoms with Crippen molar-refractivity contribution in [2.75, 3.05) is 16.8 Å². The van der Waals surface area contributed by atoms with Crippen molar-refractivity contribution in [2.45, 2.75) is 38.1 Å². The van der Waals surface area contributed by atoms with Gasteiger partial charge in [0, 0.05) is 6.04 Å². The van der Waals surface area contributed by atoms with Gasteiger partial charge in [0.1, 0.15) is 9.90 Å². The number of rotatable bonds is 5. The summed E-state index contributed by atoms with van der Waals surface area (Å²) in [5.74, 6) is 0.198. The highest BCUT2D eigenvalue weighted by Gasteiger charge is 2.24. The lowest BCUT2D eigenvalue weighted by atomic mass is 10.4. The van der Waals surface area contributed by atoms with Crippen molar-refractivity contribution < 1.29 is 8.42 Å². The molecule has 1 aromatic rings. The van der Waals surface area contributed by atoms with Gasteiger partial charge < -0.3 is 11.1 Å². The highest BCUT2D eigenvalue weighted by molar-refractivity contribution is 7.91. The first-order chi connectivity index (χ1) is 7.38. The summed E-state index contributed by atoms with van der Waals surface area (Å²) < 4.78 is 27.8. The SMILES string of the molecule is CCCS(=O)(=O)c1c(N)nsc1NC(C)C. The number of anilines is 2. The molecule has 0 aliphatic heterocycles. The zero-order valence-corrected chi connectivity index (χ0v) is 11.3. The number of nitrogen functional groups attached to an aromatic ring is 1. The molecular formula is C9H17N3O2S2. The number of nitrogens with zero attached hydrogens (tertiary/aromatic N) is 1. The average molecular weight is 263 g/mol. The van der Waals surface area contributed by atoms with Crippen LogP contribution in [0.2, 0.25) is 0 Å². The Kier molecular flexibility index (Phi) is 4.15. The van der Waals surface area contributed by atoms with Crippen LogP contribution in [0.25, 0.3) is 0 Å². The molecule has 1 rings (SSSR count). The molecule has 0 fully saturated rings. The maximum absolute atomic E-state index is 12.0. The zero-order chi connectivity index (χ0) is 12.3. The van der Waals surface area contributed by atoms with Crippen LogP contribution in [0, 0.1) is 0 Å². The third-order valence-electron chi connectivity index (χ3n) is 1.88. The smallest absolute Gasteiger partial charge is 0.185 e. The first-order valence-electron chi connectivity index (χ1n) is 5.13. The fourth-order valence-electron chi connectivity index (χ4n) is 1.32. The lowest BCUT2D eigenvalue weighted by Crippen LogP contribution is -2.14. The Hall–Kier alpha value is -0.820. The van der Waals surface area contributed by atoms with E-state index in [-0.39, 0.29) is 22.5 Å². The summed E-state index contributed by atoms with van der Waals surface area (Å²) in [6.45, 7) is 5.70. The van der Waals surface area contributed by atoms with Crippen LogP contribution in [0.5, 0.6) is 0 Å². The minimum absolute atomic E-state index is 0.0987. The maximum atomic E-state index is 12.0. The van der Waals surface area contributed by atoms with Crippen LogP contribution < -0.4 is 11.1 Å². The highest BCUT2D eigenvalue weighted by atomic mass is 32.2. The van der Waals surface area contributed by atoms with Crippen LogP contribution in [0.1, 0.15) is 27.2 Å². The van der Waals surface area contributed by atoms with Crippen LogP contribution in [-0.4, -0.2) is 24.6 Å². The molecule has 0 bridgehead atoms. The van der Waals surface area contributed by atoms with Crippen molar-refractivity contribution in [3.05, 3.63) is 0 Å². The summed E-state index contributed by atoms with van der Waals surface area (Å²) >= 11 is 1.09. The summed E-state index contributed by atoms with van der Waals surface area (Å²) in [6.07, 6.45) is 0.568. The average Bonchev–Trinajstić information content (AvgIpc) is 2.46. The van der Waals surface area contributed by atoms with Crippen LogP contribution in [-0.2, 0) is 9.84 Å². The Labute approximate surface area is 100 Å². The summed E-state index contributed by atoms with van der Waals surface area (Å²) in [7, 11) is -3.31. The standard InChI is InChI=1S/C9H17N3O2S2/c1-4-5-16(13,14)7-8(10)12-15-9(7)11-6(2)3/h6,11H,4-5H2,1-3H3,(H2,10,12). The van der Waals surface area contributed by atoms with Crippen molar-refractivity contribution in [3.63, 3.8) is 0 Å². The third kappa shape index (κ3) is 2.85. The van der Waals surface area contributed by atoms with Gasteiger partial charge in [-0.05, 0) is 31.8 Å². The maximum Gasteiger partial charge on any atom is 0.185 e. The lowest BCUT2D eigenvalue weighted by Gasteiger charge is -2.09. The van der Waals surface area contributed by atoms with Crippen LogP contribution in [0.4, 0.5) is 10.8 Å². The third-order valence-corrected chi connectivity index (χ3v) is 4.78. The molecule has 0 saturated carbocycles. The minimum Gasteiger partial charge on any atom is -0.382 e. The molecule has 0 aromatic carbocycles. The second kappa shape index (κ2) is 5.01. The predicted octanol–water partition coefficient (Wildman–Crippen LogP) is 1.73. The molecule has 3 N–H and O–H groups in total. The minimum atomic E-state index is -3.31. The second-order valence-corrected chi connectivity index (χ2v) is 6.66. The largest absolute Gasteiger partial charge is 0.382 e. The molecule has 0 aliphatic carbocycles. The van der Waals surface area contributed by atoms with E-state index in [0.29, 0.717) is 11.4 Å². The molecule has 0 radical (unpaired) electrons. The molecule has 7 heteroatoms. The van der Waals surface area contributed by atoms with Gasteiger partial charge in [0.2, 0.25) is 0 Å². The number of nitrogens with two attached hydrogens (primary N) is 1. The Bertz CT molecular complexity index is 451. The van der Waals surface area contributed by atoms with E-state index >= 15 is 0 Å². The quantitative estimate of drug-likeness (QED) is 0.845. The van der Waals surface area contributed by atoms with Gasteiger partial charge in [-0.1, -0.05) is 6.92 Å². The van der Waals surface area contributed by atoms with Crippen molar-refractivity contribution in [3.8, 4) is 0 Å². The molecule has 0 aliphatic rings. The lowest BCUT2D eigenvalue weighted by molar-refractivity contribution is 0.595. The van der Waals surface area contributed by atoms with Gasteiger partial charge in [-0.15, -0.1) is 0 Å². The fraction of sp³-hybridized carbons (Fsp3) is 0.667. The van der Waals surface area contributed by atoms with Gasteiger partial charge in [0.25, 0.3) is 0 Å². The van der Waals surface area contributed by atoms with Crippen molar-refractivity contribution >= 4 is 32.2 Å². The van der Waals surface area contributed by atoms with E-state index in [4.69, 9.17) is 5.73 Å². The molecule has 16 heavy (non-hydrogen) atoms. The molecule has 0 amide bonds. The van der Waals surface area contributed by atoms with E-state index in [0.717, 1.165) is 11.5 Å². The first-order valence-corrected chi connectivity index (χ1v) is 7.55. The van der Waals surface area contributed by atoms with E-state index in [1.54, 1.807) is 0 Å². The van der Waals surface area contributed by atoms with E-state index in [2.05, 4.69) is 9.69 Å². The summed E-state index contributed by atoms with van der Waals surface area (Å²) in [5.41, 5.74) is 5.61. The van der Waals surface area contributed by atoms with Gasteiger partial charge in [-0.2, -0.15) is 4.37 Å². The summed E-state index contributed by atoms with van der Waals surface area (Å²) in [6, 6.07) is 0.149. The zero-order valence-electron chi connectivity index (χ0n) is 9.65. The van der Waals surface area contributed by atoms with Crippen molar-refractivity contribution in [2.24, 2.45) is 0 Å². The van der Waals surface area contributed by atoms with Gasteiger partial charge in [0.05, 0.1) is 5.75 Å². The first kappa shape index (κ1) is 13.2. The number of nitrogens with one attached hydrogen (secondary N) is 1. The molecule has 5 nitrogen and oxygen atoms in total. The molecular weight excluding hydrogens is 246 g/mol. The molecule has 0 spiro atoms. The fourth-order valence-corrected chi connectivity index (χ4v) is 4.07. The predicted molar refractivity (Wildman–Crippen MR) is 67.6 cm³/mol. The summed E-state index contributed by atoms with van der Waals surface area (Å²) in [5, 5.41) is 3.60. The normalized spacial score (nSPS) is 12.0. The van der Waals surface area contributed by atoms with E-state index in [1.165, 1.54) is 0 Å². The Morgan fingerprint density at radius 1 is 1.50 bits per heavy atom. The van der Waals surface area contributed by atoms with Crippen LogP contribution in [0.15, 0.2) is 4.90 Å². The van der Waals surface area contributed by atoms with Crippen LogP contribution in [0.3, 0.4) is 0 Å². The van der Waals surface area contributed by atoms with Gasteiger partial charge in [0.15, 0.2) is 15.7 Å². The highest BCUT2D eigenvalue weighted by Crippen LogP contribution is 2.32. The number of hydrogen-bond acceptors (Lipinski definition) is 6. The van der Waals surface area contributed by atoms with Gasteiger partial charge >= 0.3 is 0 Å². The summed E-state index contributed by atoms with van der Waals surface area (Å²) in [4.78, 5) is 0.160. The Morgan fingerprint density at radius 2 is 2.12 bits per heavy atom. The molecule has 0 saturated heterocycles. The monoisotopic (exact) mass is 263 g/mol. The van der Waals surface area contributed by atoms with E-state index < -0.39 is 9.84 Å². The Morgan fingerprint density at radius 3 is 2.62 bits per heavy atom. The van der Waals surface area contributed by atoms with Crippen molar-refractivity contribution in [1.82, 2.24) is 4.37 Å². The topological polar surface area (TPSA) is 85.1 Å². The Balaban J connectivity index is 3.16. The van der Waals surface area contributed by atoms with E-state index in [9.17, 15) is 8.42 Å². The molecule has 0 unspecified atom stereocenters. The van der Waals surface area contributed by atoms with Crippen LogP contribution >= 0.6 is 11.5 Å². The van der Waals surface area contributed by atoms with Gasteiger partial charge in [-0.3, -0.25) is 0 Å². The molecule has 92 valence electrons.